The molecule has 4 amide bonds. The van der Waals surface area contributed by atoms with Gasteiger partial charge in [-0.05, 0) is 49.2 Å². The summed E-state index contributed by atoms with van der Waals surface area (Å²) in [6.45, 7) is 2.62. The minimum Gasteiger partial charge on any atom is -0.482 e. The number of rotatable bonds is 9. The molecule has 0 saturated heterocycles. The summed E-state index contributed by atoms with van der Waals surface area (Å²) in [6, 6.07) is 12.2. The van der Waals surface area contributed by atoms with E-state index in [-0.39, 0.29) is 41.9 Å². The van der Waals surface area contributed by atoms with E-state index >= 15 is 0 Å². The summed E-state index contributed by atoms with van der Waals surface area (Å²) in [5, 5.41) is 7.65. The minimum absolute atomic E-state index is 0.0570. The Balaban J connectivity index is 1.39. The summed E-state index contributed by atoms with van der Waals surface area (Å²) in [4.78, 5) is 59.0. The van der Waals surface area contributed by atoms with Crippen molar-refractivity contribution in [3.8, 4) is 5.75 Å². The van der Waals surface area contributed by atoms with Gasteiger partial charge in [0.15, 0.2) is 6.61 Å². The number of ether oxygens (including phenoxy) is 1. The normalized spacial score (nSPS) is 13.2. The van der Waals surface area contributed by atoms with E-state index < -0.39 is 18.3 Å². The van der Waals surface area contributed by atoms with Crippen molar-refractivity contribution >= 4 is 29.3 Å². The number of carbonyl (C=O) groups excluding carboxylic acids is 4. The van der Waals surface area contributed by atoms with Crippen LogP contribution in [-0.2, 0) is 17.8 Å². The Labute approximate surface area is 222 Å². The molecule has 0 spiro atoms. The van der Waals surface area contributed by atoms with E-state index in [1.54, 1.807) is 23.1 Å². The van der Waals surface area contributed by atoms with E-state index in [0.717, 1.165) is 12.4 Å². The fourth-order valence-electron chi connectivity index (χ4n) is 3.70. The Morgan fingerprint density at radius 2 is 1.63 bits per heavy atom. The van der Waals surface area contributed by atoms with Gasteiger partial charge in [-0.2, -0.15) is 0 Å². The average Bonchev–Trinajstić information content (AvgIpc) is 2.96. The van der Waals surface area contributed by atoms with Gasteiger partial charge in [-0.3, -0.25) is 19.2 Å². The van der Waals surface area contributed by atoms with Crippen molar-refractivity contribution in [2.24, 2.45) is 0 Å². The number of fused-ring (bicyclic) bond motifs is 1. The second-order valence-corrected chi connectivity index (χ2v) is 8.27. The molecular formula is C27H28N6O5. The third-order valence-corrected chi connectivity index (χ3v) is 5.77. The van der Waals surface area contributed by atoms with Gasteiger partial charge in [0.2, 0.25) is 0 Å². The van der Waals surface area contributed by atoms with Gasteiger partial charge in [0.05, 0.1) is 8.43 Å². The summed E-state index contributed by atoms with van der Waals surface area (Å²) >= 11 is 0. The smallest absolute Gasteiger partial charge is 0.270 e. The van der Waals surface area contributed by atoms with E-state index in [0.29, 0.717) is 35.7 Å². The number of amides is 4. The maximum absolute atomic E-state index is 12.8. The van der Waals surface area contributed by atoms with Gasteiger partial charge < -0.3 is 25.6 Å². The molecule has 0 radical (unpaired) electrons. The Hall–Kier alpha value is -4.80. The highest BCUT2D eigenvalue weighted by Crippen LogP contribution is 2.28. The Morgan fingerprint density at radius 1 is 0.974 bits per heavy atom. The van der Waals surface area contributed by atoms with Crippen LogP contribution in [0, 0.1) is 0 Å². The van der Waals surface area contributed by atoms with Crippen LogP contribution in [0.2, 0.25) is 0 Å². The molecule has 1 aliphatic heterocycles. The highest BCUT2D eigenvalue weighted by Gasteiger charge is 2.17. The first kappa shape index (κ1) is 23.6. The van der Waals surface area contributed by atoms with Gasteiger partial charge in [0.1, 0.15) is 23.5 Å². The number of anilines is 1. The lowest BCUT2D eigenvalue weighted by Gasteiger charge is -2.18. The SMILES string of the molecule is [2H]C([2H])(NC(=O)c1cc(C(=O)NCc2ccc3c(c2)NC(=O)CO3)ncn1)c1ccc(C(=O)N(CC)CC)cc1. The van der Waals surface area contributed by atoms with Crippen LogP contribution in [0.25, 0.3) is 0 Å². The fraction of sp³-hybridized carbons (Fsp3) is 0.259. The first-order valence-electron chi connectivity index (χ1n) is 13.0. The van der Waals surface area contributed by atoms with Crippen molar-refractivity contribution in [1.29, 1.82) is 0 Å². The predicted octanol–water partition coefficient (Wildman–Crippen LogP) is 2.15. The minimum atomic E-state index is -2.28. The maximum atomic E-state index is 12.8. The van der Waals surface area contributed by atoms with Crippen molar-refractivity contribution in [2.45, 2.75) is 26.9 Å². The molecule has 0 saturated carbocycles. The molecule has 1 aromatic heterocycles. The van der Waals surface area contributed by atoms with Gasteiger partial charge in [-0.1, -0.05) is 18.2 Å². The number of benzene rings is 2. The molecule has 11 heteroatoms. The van der Waals surface area contributed by atoms with Gasteiger partial charge in [-0.25, -0.2) is 9.97 Å². The van der Waals surface area contributed by atoms with E-state index in [9.17, 15) is 19.2 Å². The van der Waals surface area contributed by atoms with E-state index in [1.807, 2.05) is 13.8 Å². The van der Waals surface area contributed by atoms with Crippen LogP contribution in [0.5, 0.6) is 5.75 Å². The van der Waals surface area contributed by atoms with Crippen LogP contribution in [0.3, 0.4) is 0 Å². The zero-order valence-electron chi connectivity index (χ0n) is 22.9. The average molecular weight is 519 g/mol. The number of hydrogen-bond acceptors (Lipinski definition) is 7. The van der Waals surface area contributed by atoms with Crippen molar-refractivity contribution in [1.82, 2.24) is 25.5 Å². The van der Waals surface area contributed by atoms with Crippen LogP contribution < -0.4 is 20.7 Å². The molecule has 0 aliphatic carbocycles. The molecule has 0 fully saturated rings. The van der Waals surface area contributed by atoms with Crippen LogP contribution >= 0.6 is 0 Å². The van der Waals surface area contributed by atoms with Crippen LogP contribution in [0.4, 0.5) is 5.69 Å². The third kappa shape index (κ3) is 6.30. The number of nitrogens with zero attached hydrogens (tertiary/aromatic N) is 3. The van der Waals surface area contributed by atoms with Crippen LogP contribution in [-0.4, -0.2) is 58.2 Å². The molecule has 2 aromatic carbocycles. The lowest BCUT2D eigenvalue weighted by Crippen LogP contribution is -2.30. The standard InChI is InChI=1S/C27H28N6O5/c1-3-33(4-2)27(37)19-8-5-17(6-9-19)13-28-25(35)21-12-22(31-16-30-21)26(36)29-14-18-7-10-23-20(11-18)32-24(34)15-38-23/h5-12,16H,3-4,13-15H2,1-2H3,(H,28,35)(H,29,36)(H,32,34)/i13D2. The fourth-order valence-corrected chi connectivity index (χ4v) is 3.70. The Kier molecular flexibility index (Phi) is 7.42. The molecule has 11 nitrogen and oxygen atoms in total. The van der Waals surface area contributed by atoms with E-state index in [1.165, 1.54) is 24.3 Å². The van der Waals surface area contributed by atoms with Crippen molar-refractivity contribution < 1.29 is 26.7 Å². The third-order valence-electron chi connectivity index (χ3n) is 5.77. The topological polar surface area (TPSA) is 143 Å². The second-order valence-electron chi connectivity index (χ2n) is 8.27. The van der Waals surface area contributed by atoms with Crippen LogP contribution in [0.1, 0.15) is 59.1 Å². The summed E-state index contributed by atoms with van der Waals surface area (Å²) in [7, 11) is 0. The first-order chi connectivity index (χ1) is 19.1. The monoisotopic (exact) mass is 518 g/mol. The summed E-state index contributed by atoms with van der Waals surface area (Å²) in [6.07, 6.45) is 1.04. The molecule has 1 aliphatic rings. The second kappa shape index (κ2) is 12.0. The lowest BCUT2D eigenvalue weighted by atomic mass is 10.1. The Morgan fingerprint density at radius 3 is 2.32 bits per heavy atom. The molecule has 38 heavy (non-hydrogen) atoms. The molecule has 3 N–H and O–H groups in total. The molecule has 0 unspecified atom stereocenters. The summed E-state index contributed by atoms with van der Waals surface area (Å²) in [5.74, 6) is -1.33. The summed E-state index contributed by atoms with van der Waals surface area (Å²) in [5.41, 5.74) is 1.46. The Bertz CT molecular complexity index is 1440. The first-order valence-corrected chi connectivity index (χ1v) is 12.0. The molecule has 0 bridgehead atoms. The lowest BCUT2D eigenvalue weighted by molar-refractivity contribution is -0.118. The van der Waals surface area contributed by atoms with Gasteiger partial charge in [0.25, 0.3) is 23.6 Å². The zero-order chi connectivity index (χ0) is 28.9. The van der Waals surface area contributed by atoms with Gasteiger partial charge >= 0.3 is 0 Å². The van der Waals surface area contributed by atoms with Crippen molar-refractivity contribution in [3.63, 3.8) is 0 Å². The molecule has 196 valence electrons. The molecule has 0 atom stereocenters. The highest BCUT2D eigenvalue weighted by molar-refractivity contribution is 5.97. The summed E-state index contributed by atoms with van der Waals surface area (Å²) < 4.78 is 22.0. The number of carbonyl (C=O) groups is 4. The molecule has 3 aromatic rings. The highest BCUT2D eigenvalue weighted by atomic mass is 16.5. The molecular weight excluding hydrogens is 488 g/mol. The molecule has 4 rings (SSSR count). The van der Waals surface area contributed by atoms with Crippen LogP contribution in [0.15, 0.2) is 54.9 Å². The largest absolute Gasteiger partial charge is 0.482 e. The van der Waals surface area contributed by atoms with Crippen molar-refractivity contribution in [3.05, 3.63) is 82.9 Å². The number of aromatic nitrogens is 2. The van der Waals surface area contributed by atoms with Gasteiger partial charge in [-0.15, -0.1) is 0 Å². The molecule has 2 heterocycles. The van der Waals surface area contributed by atoms with E-state index in [2.05, 4.69) is 25.9 Å². The van der Waals surface area contributed by atoms with Gasteiger partial charge in [0, 0.05) is 37.8 Å². The predicted molar refractivity (Wildman–Crippen MR) is 139 cm³/mol. The zero-order valence-corrected chi connectivity index (χ0v) is 20.9. The van der Waals surface area contributed by atoms with E-state index in [4.69, 9.17) is 7.48 Å². The number of nitrogens with one attached hydrogen (secondary N) is 3. The maximum Gasteiger partial charge on any atom is 0.270 e. The van der Waals surface area contributed by atoms with Crippen molar-refractivity contribution in [2.75, 3.05) is 25.0 Å². The number of hydrogen-bond donors (Lipinski definition) is 3. The quantitative estimate of drug-likeness (QED) is 0.394.